The zero-order chi connectivity index (χ0) is 60.5. The molecule has 0 saturated carbocycles. The van der Waals surface area contributed by atoms with Gasteiger partial charge in [-0.3, -0.25) is 5.32 Å². The predicted molar refractivity (Wildman–Crippen MR) is 252 cm³/mol. The molecule has 0 radical (unpaired) electrons. The van der Waals surface area contributed by atoms with Gasteiger partial charge in [-0.25, -0.2) is 4.79 Å². The van der Waals surface area contributed by atoms with Crippen molar-refractivity contribution in [2.24, 2.45) is 0 Å². The Morgan fingerprint density at radius 2 is 0.488 bits per heavy atom. The van der Waals surface area contributed by atoms with Gasteiger partial charge in [-0.05, 0) is 0 Å². The topological polar surface area (TPSA) is 580 Å². The SMILES string of the molecule is CC(=O)[NH2+]CCNC[C@H]1O[C@@H]2O[C@H]3[C@H](O)[C@H](O)[C@@H](O[C@H]4[C@H](O)[C@H](O)[C@@H](O[C@H]5[C@H](O)[C@@H](O)[C@@H](O[C@H]6[C@H](O)[C@@H](O)[C@@H](O[C@H]7[C@H](O)[C@@H](O)[C@@H](O[C@H]8[C@H](O)[C@@H](O)[C@@H](O[C@H]1[C@H](O)[C@H]2O)O[C@@H]8CO)O[C@@H]7CO)O[C@@H]6CO)O[C@@H]5CO)O[C@@H]4CO)O[C@@H]3CO.[Cl-]. The lowest BCUT2D eigenvalue weighted by molar-refractivity contribution is -0.565. The second-order valence-electron chi connectivity index (χ2n) is 21.3. The fourth-order valence-electron chi connectivity index (χ4n) is 11.1. The van der Waals surface area contributed by atoms with Crippen molar-refractivity contribution in [3.63, 3.8) is 0 Å². The molecule has 21 aliphatic rings. The van der Waals surface area contributed by atoms with Gasteiger partial charge in [-0.15, -0.1) is 0 Å². The number of rotatable bonds is 11. The van der Waals surface area contributed by atoms with E-state index in [4.69, 9.17) is 66.3 Å². The summed E-state index contributed by atoms with van der Waals surface area (Å²) in [6.07, 6.45) is -69.8. The average Bonchev–Trinajstić information content (AvgIpc) is 1.82. The molecule has 490 valence electrons. The molecule has 23 N–H and O–H groups in total. The molecule has 0 spiro atoms. The summed E-state index contributed by atoms with van der Waals surface area (Å²) in [6.45, 7) is -5.00. The van der Waals surface area contributed by atoms with Gasteiger partial charge in [-0.2, -0.15) is 0 Å². The maximum absolute atomic E-state index is 11.7. The first-order valence-corrected chi connectivity index (χ1v) is 26.9. The number of ether oxygens (including phenoxy) is 14. The van der Waals surface area contributed by atoms with E-state index in [-0.39, 0.29) is 37.9 Å². The second-order valence-corrected chi connectivity index (χ2v) is 21.3. The molecular weight excluding hydrogens is 1180 g/mol. The smallest absolute Gasteiger partial charge is 0.307 e. The maximum atomic E-state index is 11.7. The van der Waals surface area contributed by atoms with Crippen LogP contribution in [-0.2, 0) is 71.1 Å². The molecular formula is C46H79ClN2O35. The fourth-order valence-corrected chi connectivity index (χ4v) is 11.1. The summed E-state index contributed by atoms with van der Waals surface area (Å²) in [5, 5.41) is 227. The van der Waals surface area contributed by atoms with Crippen LogP contribution in [-0.4, -0.2) is 382 Å². The summed E-state index contributed by atoms with van der Waals surface area (Å²) in [5.74, 6) is -0.262. The van der Waals surface area contributed by atoms with E-state index >= 15 is 0 Å². The van der Waals surface area contributed by atoms with Crippen molar-refractivity contribution in [1.82, 2.24) is 5.32 Å². The predicted octanol–water partition coefficient (Wildman–Crippen LogP) is -19.5. The summed E-state index contributed by atoms with van der Waals surface area (Å²) >= 11 is 0. The Morgan fingerprint density at radius 1 is 0.310 bits per heavy atom. The average molecular weight is 1260 g/mol. The molecule has 21 rings (SSSR count). The molecule has 21 aliphatic heterocycles. The van der Waals surface area contributed by atoms with E-state index in [0.717, 1.165) is 0 Å². The summed E-state index contributed by atoms with van der Waals surface area (Å²) in [4.78, 5) is 11.6. The molecule has 21 heterocycles. The summed E-state index contributed by atoms with van der Waals surface area (Å²) in [7, 11) is 0. The molecule has 0 aliphatic carbocycles. The Labute approximate surface area is 482 Å². The zero-order valence-corrected chi connectivity index (χ0v) is 45.4. The molecule has 0 unspecified atom stereocenters. The van der Waals surface area contributed by atoms with Crippen LogP contribution in [0, 0.1) is 0 Å². The highest BCUT2D eigenvalue weighted by Crippen LogP contribution is 2.39. The number of nitrogens with two attached hydrogens (primary N) is 1. The number of amides is 1. The van der Waals surface area contributed by atoms with Crippen LogP contribution in [0.1, 0.15) is 6.92 Å². The van der Waals surface area contributed by atoms with Crippen molar-refractivity contribution >= 4 is 5.91 Å². The van der Waals surface area contributed by atoms with Gasteiger partial charge in [0.15, 0.2) is 44.0 Å². The van der Waals surface area contributed by atoms with E-state index in [2.05, 4.69) is 5.32 Å². The lowest BCUT2D eigenvalue weighted by atomic mass is 9.95. The molecule has 21 saturated heterocycles. The van der Waals surface area contributed by atoms with Crippen LogP contribution >= 0.6 is 0 Å². The van der Waals surface area contributed by atoms with Crippen LogP contribution in [0.25, 0.3) is 0 Å². The molecule has 14 bridgehead atoms. The van der Waals surface area contributed by atoms with E-state index < -0.39 is 255 Å². The lowest BCUT2D eigenvalue weighted by Gasteiger charge is -2.50. The molecule has 21 fully saturated rings. The third kappa shape index (κ3) is 14.6. The number of halogens is 1. The van der Waals surface area contributed by atoms with Crippen LogP contribution in [0.15, 0.2) is 0 Å². The van der Waals surface area contributed by atoms with Crippen molar-refractivity contribution in [1.29, 1.82) is 0 Å². The highest BCUT2D eigenvalue weighted by molar-refractivity contribution is 5.61. The first-order valence-electron chi connectivity index (χ1n) is 26.9. The number of aliphatic hydroxyl groups excluding tert-OH is 20. The van der Waals surface area contributed by atoms with Crippen molar-refractivity contribution in [2.45, 2.75) is 222 Å². The standard InChI is InChI=1S/C46H78N2O35.ClH/c1-11(55)48-3-2-47-4-12-33-19(56)26(63)40(70-12)78-34-13(5-49)72-42(28(65)21(34)58)80-36-15(7-51)74-44(30(67)23(36)60)82-38-17(9-53)76-46(32(69)25(38)62)83-39-18(10-54)75-45(31(68)24(39)61)81-37-16(8-52)73-43(29(66)22(37)59)79-35-14(6-50)71-41(77-33)27(64)20(35)57;/h12-47,49-54,56-69H,2-10H2,1H3,(H,48,55);1H/t12-,13-,14-,15-,16-,17-,18-,19-,20-,21-,22-,23-,24-,25-,26-,27-,28+,29-,30+,31-,32-,33-,34-,35-,36-,37-,38-,39-,40-,41-,42-,43-,44-,45-,46-;/m1./s1. The number of hydrogen-bond donors (Lipinski definition) is 22. The zero-order valence-electron chi connectivity index (χ0n) is 44.6. The third-order valence-corrected chi connectivity index (χ3v) is 15.7. The van der Waals surface area contributed by atoms with E-state index in [1.165, 1.54) is 12.2 Å². The Bertz CT molecular complexity index is 2010. The number of carbonyl (C=O) groups is 1. The number of primary amides is 1. The molecule has 0 aromatic carbocycles. The van der Waals surface area contributed by atoms with Gasteiger partial charge in [-0.1, -0.05) is 0 Å². The quantitative estimate of drug-likeness (QED) is 0.0854. The minimum Gasteiger partial charge on any atom is -1.00 e. The van der Waals surface area contributed by atoms with Crippen molar-refractivity contribution in [2.75, 3.05) is 59.3 Å². The largest absolute Gasteiger partial charge is 1.00 e. The first kappa shape index (κ1) is 70.0. The number of quaternary nitrogens is 1. The minimum absolute atomic E-state index is 0. The maximum Gasteiger partial charge on any atom is 0.307 e. The Balaban J connectivity index is 0.0000101. The number of nitrogens with one attached hydrogen (secondary N) is 1. The summed E-state index contributed by atoms with van der Waals surface area (Å²) in [6, 6.07) is 0. The monoisotopic (exact) mass is 1250 g/mol. The van der Waals surface area contributed by atoms with Crippen molar-refractivity contribution in [3.8, 4) is 0 Å². The molecule has 38 heteroatoms. The molecule has 1 amide bonds. The van der Waals surface area contributed by atoms with Crippen LogP contribution in [0.3, 0.4) is 0 Å². The van der Waals surface area contributed by atoms with E-state index in [1.807, 2.05) is 0 Å². The highest BCUT2D eigenvalue weighted by Gasteiger charge is 2.59. The Kier molecular flexibility index (Phi) is 25.5. The Morgan fingerprint density at radius 3 is 0.667 bits per heavy atom. The van der Waals surface area contributed by atoms with Crippen LogP contribution in [0.4, 0.5) is 0 Å². The highest BCUT2D eigenvalue weighted by atomic mass is 35.5. The van der Waals surface area contributed by atoms with Gasteiger partial charge in [0.25, 0.3) is 0 Å². The normalized spacial score (nSPS) is 51.6. The van der Waals surface area contributed by atoms with Gasteiger partial charge in [0.1, 0.15) is 171 Å². The minimum atomic E-state index is -2.21. The number of hydrogen-bond acceptors (Lipinski definition) is 36. The summed E-state index contributed by atoms with van der Waals surface area (Å²) < 4.78 is 80.9. The molecule has 84 heavy (non-hydrogen) atoms. The van der Waals surface area contributed by atoms with Crippen molar-refractivity contribution in [3.05, 3.63) is 0 Å². The second kappa shape index (κ2) is 30.6. The lowest BCUT2D eigenvalue weighted by Crippen LogP contribution is -3.00. The van der Waals surface area contributed by atoms with E-state index in [1.54, 1.807) is 0 Å². The van der Waals surface area contributed by atoms with Gasteiger partial charge in [0.05, 0.1) is 53.1 Å². The van der Waals surface area contributed by atoms with E-state index in [0.29, 0.717) is 0 Å². The van der Waals surface area contributed by atoms with Crippen molar-refractivity contribution < 1.29 is 191 Å². The van der Waals surface area contributed by atoms with Crippen LogP contribution < -0.4 is 23.0 Å². The fraction of sp³-hybridized carbons (Fsp3) is 0.978. The summed E-state index contributed by atoms with van der Waals surface area (Å²) in [5.41, 5.74) is 0. The number of carbonyl (C=O) groups excluding carboxylic acids is 1. The molecule has 0 aromatic heterocycles. The van der Waals surface area contributed by atoms with Gasteiger partial charge < -0.3 is 186 Å². The van der Waals surface area contributed by atoms with Crippen LogP contribution in [0.5, 0.6) is 0 Å². The van der Waals surface area contributed by atoms with E-state index in [9.17, 15) is 107 Å². The third-order valence-electron chi connectivity index (χ3n) is 15.7. The van der Waals surface area contributed by atoms with Crippen LogP contribution in [0.2, 0.25) is 0 Å². The first-order chi connectivity index (χ1) is 39.5. The van der Waals surface area contributed by atoms with Gasteiger partial charge in [0.2, 0.25) is 0 Å². The molecule has 35 atom stereocenters. The van der Waals surface area contributed by atoms with Gasteiger partial charge in [0, 0.05) is 13.1 Å². The molecule has 37 nitrogen and oxygen atoms in total. The Hall–Kier alpha value is -1.48. The van der Waals surface area contributed by atoms with Gasteiger partial charge >= 0.3 is 5.91 Å². The molecule has 0 aromatic rings. The number of aliphatic hydroxyl groups is 20.